The molecule has 2 aromatic carbocycles. The lowest BCUT2D eigenvalue weighted by atomic mass is 10.2. The molecular weight excluding hydrogens is 365 g/mol. The highest BCUT2D eigenvalue weighted by molar-refractivity contribution is 5.95. The number of hydrogen-bond donors (Lipinski definition) is 2. The number of carbonyl (C=O) groups excluding carboxylic acids is 2. The number of halogens is 3. The SMILES string of the molecule is N[C@H](COC(=O)C(F)(F)F)C(=O)Nc1cccc(OCc2ccccc2)c1. The van der Waals surface area contributed by atoms with Gasteiger partial charge in [0.1, 0.15) is 25.0 Å². The fourth-order valence-electron chi connectivity index (χ4n) is 1.96. The molecule has 6 nitrogen and oxygen atoms in total. The van der Waals surface area contributed by atoms with Crippen LogP contribution in [0.2, 0.25) is 0 Å². The van der Waals surface area contributed by atoms with E-state index in [9.17, 15) is 22.8 Å². The number of benzene rings is 2. The van der Waals surface area contributed by atoms with Gasteiger partial charge in [-0.15, -0.1) is 0 Å². The van der Waals surface area contributed by atoms with Crippen molar-refractivity contribution in [2.45, 2.75) is 18.8 Å². The van der Waals surface area contributed by atoms with E-state index in [-0.39, 0.29) is 0 Å². The van der Waals surface area contributed by atoms with Crippen molar-refractivity contribution in [3.8, 4) is 5.75 Å². The fraction of sp³-hybridized carbons (Fsp3) is 0.222. The molecule has 0 spiro atoms. The number of rotatable bonds is 7. The Kier molecular flexibility index (Phi) is 6.78. The van der Waals surface area contributed by atoms with Gasteiger partial charge >= 0.3 is 12.1 Å². The zero-order chi connectivity index (χ0) is 19.9. The molecule has 144 valence electrons. The number of carbonyl (C=O) groups is 2. The summed E-state index contributed by atoms with van der Waals surface area (Å²) in [6, 6.07) is 14.4. The fourth-order valence-corrected chi connectivity index (χ4v) is 1.96. The molecule has 0 heterocycles. The first-order valence-corrected chi connectivity index (χ1v) is 7.83. The van der Waals surface area contributed by atoms with E-state index in [4.69, 9.17) is 10.5 Å². The number of alkyl halides is 3. The monoisotopic (exact) mass is 382 g/mol. The van der Waals surface area contributed by atoms with Gasteiger partial charge in [-0.05, 0) is 17.7 Å². The third-order valence-electron chi connectivity index (χ3n) is 3.31. The number of ether oxygens (including phenoxy) is 2. The van der Waals surface area contributed by atoms with E-state index in [0.717, 1.165) is 5.56 Å². The van der Waals surface area contributed by atoms with Crippen molar-refractivity contribution in [3.63, 3.8) is 0 Å². The van der Waals surface area contributed by atoms with Crippen LogP contribution in [0.1, 0.15) is 5.56 Å². The van der Waals surface area contributed by atoms with Crippen molar-refractivity contribution in [3.05, 3.63) is 60.2 Å². The number of esters is 1. The molecule has 27 heavy (non-hydrogen) atoms. The van der Waals surface area contributed by atoms with E-state index < -0.39 is 30.7 Å². The Morgan fingerprint density at radius 2 is 1.78 bits per heavy atom. The minimum Gasteiger partial charge on any atom is -0.489 e. The van der Waals surface area contributed by atoms with Crippen LogP contribution in [-0.2, 0) is 20.9 Å². The molecule has 1 amide bonds. The van der Waals surface area contributed by atoms with E-state index >= 15 is 0 Å². The lowest BCUT2D eigenvalue weighted by Gasteiger charge is -2.14. The second-order valence-corrected chi connectivity index (χ2v) is 5.49. The second-order valence-electron chi connectivity index (χ2n) is 5.49. The number of amides is 1. The number of hydrogen-bond acceptors (Lipinski definition) is 5. The normalized spacial score (nSPS) is 12.1. The highest BCUT2D eigenvalue weighted by Crippen LogP contribution is 2.19. The predicted molar refractivity (Wildman–Crippen MR) is 90.8 cm³/mol. The molecule has 0 fully saturated rings. The Balaban J connectivity index is 1.87. The molecule has 2 rings (SSSR count). The smallest absolute Gasteiger partial charge is 0.489 e. The molecule has 0 saturated carbocycles. The molecule has 0 aliphatic heterocycles. The first-order chi connectivity index (χ1) is 12.8. The number of anilines is 1. The van der Waals surface area contributed by atoms with E-state index in [0.29, 0.717) is 18.0 Å². The van der Waals surface area contributed by atoms with Crippen molar-refractivity contribution in [1.82, 2.24) is 0 Å². The van der Waals surface area contributed by atoms with E-state index in [2.05, 4.69) is 10.1 Å². The lowest BCUT2D eigenvalue weighted by Crippen LogP contribution is -2.41. The van der Waals surface area contributed by atoms with Gasteiger partial charge in [-0.25, -0.2) is 4.79 Å². The molecule has 0 aliphatic carbocycles. The van der Waals surface area contributed by atoms with Crippen molar-refractivity contribution < 1.29 is 32.2 Å². The molecule has 0 saturated heterocycles. The lowest BCUT2D eigenvalue weighted by molar-refractivity contribution is -0.200. The number of nitrogens with two attached hydrogens (primary N) is 1. The molecule has 3 N–H and O–H groups in total. The standard InChI is InChI=1S/C18H17F3N2O4/c19-18(20,21)17(25)27-11-15(22)16(24)23-13-7-4-8-14(9-13)26-10-12-5-2-1-3-6-12/h1-9,15H,10-11,22H2,(H,23,24)/t15-/m1/s1. The molecule has 0 aliphatic rings. The Bertz CT molecular complexity index is 782. The summed E-state index contributed by atoms with van der Waals surface area (Å²) >= 11 is 0. The van der Waals surface area contributed by atoms with Crippen LogP contribution in [0.15, 0.2) is 54.6 Å². The Hall–Kier alpha value is -3.07. The summed E-state index contributed by atoms with van der Waals surface area (Å²) < 4.78 is 45.8. The molecule has 0 bridgehead atoms. The Morgan fingerprint density at radius 1 is 1.07 bits per heavy atom. The number of nitrogens with one attached hydrogen (secondary N) is 1. The highest BCUT2D eigenvalue weighted by Gasteiger charge is 2.41. The minimum atomic E-state index is -5.14. The second kappa shape index (κ2) is 9.04. The minimum absolute atomic E-state index is 0.325. The van der Waals surface area contributed by atoms with Crippen LogP contribution in [0.3, 0.4) is 0 Å². The maximum absolute atomic E-state index is 12.1. The quantitative estimate of drug-likeness (QED) is 0.719. The predicted octanol–water partition coefficient (Wildman–Crippen LogP) is 2.64. The molecule has 0 unspecified atom stereocenters. The molecule has 9 heteroatoms. The van der Waals surface area contributed by atoms with Crippen molar-refractivity contribution >= 4 is 17.6 Å². The Morgan fingerprint density at radius 3 is 2.44 bits per heavy atom. The third kappa shape index (κ3) is 6.63. The zero-order valence-electron chi connectivity index (χ0n) is 14.0. The van der Waals surface area contributed by atoms with Gasteiger partial charge in [-0.1, -0.05) is 36.4 Å². The summed E-state index contributed by atoms with van der Waals surface area (Å²) in [5, 5.41) is 2.43. The topological polar surface area (TPSA) is 90.7 Å². The van der Waals surface area contributed by atoms with Crippen molar-refractivity contribution in [2.24, 2.45) is 5.73 Å². The van der Waals surface area contributed by atoms with Crippen molar-refractivity contribution in [2.75, 3.05) is 11.9 Å². The largest absolute Gasteiger partial charge is 0.490 e. The molecule has 1 atom stereocenters. The van der Waals surface area contributed by atoms with Gasteiger partial charge in [0.15, 0.2) is 0 Å². The average molecular weight is 382 g/mol. The Labute approximate surface area is 153 Å². The van der Waals surface area contributed by atoms with Gasteiger partial charge in [-0.3, -0.25) is 4.79 Å². The van der Waals surface area contributed by atoms with Crippen LogP contribution in [0, 0.1) is 0 Å². The molecule has 0 aromatic heterocycles. The van der Waals surface area contributed by atoms with Gasteiger partial charge in [0, 0.05) is 11.8 Å². The summed E-state index contributed by atoms with van der Waals surface area (Å²) in [7, 11) is 0. The molecular formula is C18H17F3N2O4. The van der Waals surface area contributed by atoms with Crippen LogP contribution in [-0.4, -0.2) is 30.7 Å². The van der Waals surface area contributed by atoms with Crippen LogP contribution in [0.4, 0.5) is 18.9 Å². The summed E-state index contributed by atoms with van der Waals surface area (Å²) in [6.45, 7) is -0.570. The first kappa shape index (κ1) is 20.2. The van der Waals surface area contributed by atoms with Crippen LogP contribution < -0.4 is 15.8 Å². The molecule has 2 aromatic rings. The van der Waals surface area contributed by atoms with Gasteiger partial charge < -0.3 is 20.5 Å². The van der Waals surface area contributed by atoms with E-state index in [1.165, 1.54) is 6.07 Å². The van der Waals surface area contributed by atoms with Gasteiger partial charge in [0.05, 0.1) is 0 Å². The van der Waals surface area contributed by atoms with Gasteiger partial charge in [0.25, 0.3) is 0 Å². The van der Waals surface area contributed by atoms with Crippen LogP contribution >= 0.6 is 0 Å². The van der Waals surface area contributed by atoms with E-state index in [1.54, 1.807) is 18.2 Å². The highest BCUT2D eigenvalue weighted by atomic mass is 19.4. The zero-order valence-corrected chi connectivity index (χ0v) is 14.0. The summed E-state index contributed by atoms with van der Waals surface area (Å²) in [6.07, 6.45) is -5.14. The summed E-state index contributed by atoms with van der Waals surface area (Å²) in [4.78, 5) is 22.5. The van der Waals surface area contributed by atoms with Crippen LogP contribution in [0.25, 0.3) is 0 Å². The first-order valence-electron chi connectivity index (χ1n) is 7.83. The summed E-state index contributed by atoms with van der Waals surface area (Å²) in [5.41, 5.74) is 6.74. The maximum atomic E-state index is 12.1. The van der Waals surface area contributed by atoms with Gasteiger partial charge in [0.2, 0.25) is 5.91 Å². The third-order valence-corrected chi connectivity index (χ3v) is 3.31. The maximum Gasteiger partial charge on any atom is 0.490 e. The molecule has 0 radical (unpaired) electrons. The average Bonchev–Trinajstić information content (AvgIpc) is 2.64. The summed E-state index contributed by atoms with van der Waals surface area (Å²) in [5.74, 6) is -2.72. The van der Waals surface area contributed by atoms with E-state index in [1.807, 2.05) is 30.3 Å². The van der Waals surface area contributed by atoms with Crippen molar-refractivity contribution in [1.29, 1.82) is 0 Å². The van der Waals surface area contributed by atoms with Crippen LogP contribution in [0.5, 0.6) is 5.75 Å². The van der Waals surface area contributed by atoms with Gasteiger partial charge in [-0.2, -0.15) is 13.2 Å².